The molecule has 3 rings (SSSR count). The molecular weight excluding hydrogens is 354 g/mol. The lowest BCUT2D eigenvalue weighted by atomic mass is 9.99. The topological polar surface area (TPSA) is 79.0 Å². The third kappa shape index (κ3) is 4.82. The molecule has 0 spiro atoms. The fourth-order valence-electron chi connectivity index (χ4n) is 3.43. The zero-order valence-electron chi connectivity index (χ0n) is 15.0. The zero-order chi connectivity index (χ0) is 18.4. The smallest absolute Gasteiger partial charge is 0.282 e. The van der Waals surface area contributed by atoms with E-state index in [2.05, 4.69) is 5.32 Å². The Kier molecular flexibility index (Phi) is 6.63. The second-order valence-electron chi connectivity index (χ2n) is 6.74. The Bertz CT molecular complexity index is 690. The number of carbonyl (C=O) groups is 1. The summed E-state index contributed by atoms with van der Waals surface area (Å²) in [4.78, 5) is 12.5. The number of amides is 1. The molecule has 1 unspecified atom stereocenters. The molecular formula is C18H27N3O4S. The number of benzene rings is 1. The van der Waals surface area contributed by atoms with Crippen molar-refractivity contribution in [3.05, 3.63) is 35.9 Å². The van der Waals surface area contributed by atoms with E-state index in [-0.39, 0.29) is 18.4 Å². The molecule has 2 aliphatic heterocycles. The van der Waals surface area contributed by atoms with Gasteiger partial charge in [-0.3, -0.25) is 4.79 Å². The zero-order valence-corrected chi connectivity index (χ0v) is 15.8. The van der Waals surface area contributed by atoms with Crippen LogP contribution < -0.4 is 5.32 Å². The third-order valence-corrected chi connectivity index (χ3v) is 6.94. The fraction of sp³-hybridized carbons (Fsp3) is 0.611. The van der Waals surface area contributed by atoms with Gasteiger partial charge in [0.1, 0.15) is 0 Å². The molecule has 0 radical (unpaired) electrons. The molecule has 1 amide bonds. The van der Waals surface area contributed by atoms with Gasteiger partial charge in [-0.1, -0.05) is 30.3 Å². The molecule has 1 aromatic rings. The van der Waals surface area contributed by atoms with Crippen LogP contribution in [0, 0.1) is 5.92 Å². The molecule has 0 saturated carbocycles. The highest BCUT2D eigenvalue weighted by Crippen LogP contribution is 2.22. The SMILES string of the molecule is O=C(NCCc1ccccc1)C1CCCN(S(=O)(=O)N2CCOCC2)C1. The number of nitrogens with one attached hydrogen (secondary N) is 1. The van der Waals surface area contributed by atoms with Gasteiger partial charge in [-0.05, 0) is 24.8 Å². The summed E-state index contributed by atoms with van der Waals surface area (Å²) in [7, 11) is -3.51. The summed E-state index contributed by atoms with van der Waals surface area (Å²) in [6.07, 6.45) is 2.21. The molecule has 0 aromatic heterocycles. The molecule has 2 saturated heterocycles. The van der Waals surface area contributed by atoms with E-state index in [1.54, 1.807) is 0 Å². The second kappa shape index (κ2) is 8.94. The molecule has 7 nitrogen and oxygen atoms in total. The van der Waals surface area contributed by atoms with Crippen molar-refractivity contribution in [1.82, 2.24) is 13.9 Å². The quantitative estimate of drug-likeness (QED) is 0.784. The largest absolute Gasteiger partial charge is 0.379 e. The Hall–Kier alpha value is -1.48. The first kappa shape index (κ1) is 19.3. The molecule has 0 bridgehead atoms. The van der Waals surface area contributed by atoms with Gasteiger partial charge < -0.3 is 10.1 Å². The van der Waals surface area contributed by atoms with Gasteiger partial charge >= 0.3 is 0 Å². The normalized spacial score (nSPS) is 22.8. The lowest BCUT2D eigenvalue weighted by Crippen LogP contribution is -2.53. The molecule has 0 aliphatic carbocycles. The maximum Gasteiger partial charge on any atom is 0.282 e. The van der Waals surface area contributed by atoms with E-state index in [0.29, 0.717) is 45.8 Å². The van der Waals surface area contributed by atoms with E-state index in [1.165, 1.54) is 14.2 Å². The summed E-state index contributed by atoms with van der Waals surface area (Å²) in [5.41, 5.74) is 1.17. The summed E-state index contributed by atoms with van der Waals surface area (Å²) in [6, 6.07) is 9.99. The average molecular weight is 381 g/mol. The van der Waals surface area contributed by atoms with Gasteiger partial charge in [0.2, 0.25) is 5.91 Å². The summed E-state index contributed by atoms with van der Waals surface area (Å²) < 4.78 is 33.7. The van der Waals surface area contributed by atoms with Crippen molar-refractivity contribution in [1.29, 1.82) is 0 Å². The molecule has 2 heterocycles. The van der Waals surface area contributed by atoms with Crippen LogP contribution in [0.1, 0.15) is 18.4 Å². The van der Waals surface area contributed by atoms with E-state index in [9.17, 15) is 13.2 Å². The minimum Gasteiger partial charge on any atom is -0.379 e. The second-order valence-corrected chi connectivity index (χ2v) is 8.67. The number of piperidine rings is 1. The highest BCUT2D eigenvalue weighted by molar-refractivity contribution is 7.86. The standard InChI is InChI=1S/C18H27N3O4S/c22-18(19-9-8-16-5-2-1-3-6-16)17-7-4-10-21(15-17)26(23,24)20-11-13-25-14-12-20/h1-3,5-6,17H,4,7-15H2,(H,19,22). The highest BCUT2D eigenvalue weighted by atomic mass is 32.2. The number of hydrogen-bond acceptors (Lipinski definition) is 4. The van der Waals surface area contributed by atoms with E-state index >= 15 is 0 Å². The number of rotatable bonds is 6. The Balaban J connectivity index is 1.51. The van der Waals surface area contributed by atoms with E-state index < -0.39 is 10.2 Å². The summed E-state index contributed by atoms with van der Waals surface area (Å²) in [6.45, 7) is 2.92. The highest BCUT2D eigenvalue weighted by Gasteiger charge is 2.36. The van der Waals surface area contributed by atoms with E-state index in [4.69, 9.17) is 4.74 Å². The van der Waals surface area contributed by atoms with E-state index in [0.717, 1.165) is 12.8 Å². The van der Waals surface area contributed by atoms with Gasteiger partial charge in [-0.2, -0.15) is 17.0 Å². The maximum absolute atomic E-state index is 12.8. The van der Waals surface area contributed by atoms with Crippen LogP contribution in [0.5, 0.6) is 0 Å². The number of nitrogens with zero attached hydrogens (tertiary/aromatic N) is 2. The van der Waals surface area contributed by atoms with Crippen LogP contribution in [0.25, 0.3) is 0 Å². The van der Waals surface area contributed by atoms with Crippen molar-refractivity contribution in [3.63, 3.8) is 0 Å². The van der Waals surface area contributed by atoms with Crippen LogP contribution in [-0.2, 0) is 26.2 Å². The number of hydrogen-bond donors (Lipinski definition) is 1. The number of ether oxygens (including phenoxy) is 1. The predicted octanol–water partition coefficient (Wildman–Crippen LogP) is 0.634. The third-order valence-electron chi connectivity index (χ3n) is 4.93. The lowest BCUT2D eigenvalue weighted by Gasteiger charge is -2.36. The van der Waals surface area contributed by atoms with Gasteiger partial charge in [-0.15, -0.1) is 0 Å². The van der Waals surface area contributed by atoms with Crippen LogP contribution in [0.2, 0.25) is 0 Å². The molecule has 144 valence electrons. The fourth-order valence-corrected chi connectivity index (χ4v) is 5.09. The van der Waals surface area contributed by atoms with Crippen molar-refractivity contribution in [2.24, 2.45) is 5.92 Å². The lowest BCUT2D eigenvalue weighted by molar-refractivity contribution is -0.126. The van der Waals surface area contributed by atoms with Crippen LogP contribution >= 0.6 is 0 Å². The van der Waals surface area contributed by atoms with E-state index in [1.807, 2.05) is 30.3 Å². The molecule has 8 heteroatoms. The molecule has 26 heavy (non-hydrogen) atoms. The van der Waals surface area contributed by atoms with Gasteiger partial charge in [0.05, 0.1) is 19.1 Å². The van der Waals surface area contributed by atoms with Crippen molar-refractivity contribution in [2.45, 2.75) is 19.3 Å². The number of carbonyl (C=O) groups excluding carboxylic acids is 1. The van der Waals surface area contributed by atoms with Gasteiger partial charge in [0.25, 0.3) is 10.2 Å². The monoisotopic (exact) mass is 381 g/mol. The molecule has 2 fully saturated rings. The van der Waals surface area contributed by atoms with Crippen LogP contribution in [0.4, 0.5) is 0 Å². The van der Waals surface area contributed by atoms with Gasteiger partial charge in [0, 0.05) is 32.7 Å². The Labute approximate surface area is 155 Å². The maximum atomic E-state index is 12.8. The average Bonchev–Trinajstić information content (AvgIpc) is 2.69. The minimum absolute atomic E-state index is 0.0530. The Morgan fingerprint density at radius 1 is 1.12 bits per heavy atom. The molecule has 1 N–H and O–H groups in total. The van der Waals surface area contributed by atoms with Crippen LogP contribution in [0.15, 0.2) is 30.3 Å². The Morgan fingerprint density at radius 3 is 2.58 bits per heavy atom. The minimum atomic E-state index is -3.51. The van der Waals surface area contributed by atoms with Crippen molar-refractivity contribution < 1.29 is 17.9 Å². The first-order valence-electron chi connectivity index (χ1n) is 9.22. The summed E-state index contributed by atoms with van der Waals surface area (Å²) in [5.74, 6) is -0.335. The first-order valence-corrected chi connectivity index (χ1v) is 10.6. The van der Waals surface area contributed by atoms with Crippen molar-refractivity contribution in [3.8, 4) is 0 Å². The molecule has 1 aromatic carbocycles. The van der Waals surface area contributed by atoms with Gasteiger partial charge in [0.15, 0.2) is 0 Å². The van der Waals surface area contributed by atoms with Gasteiger partial charge in [-0.25, -0.2) is 0 Å². The Morgan fingerprint density at radius 2 is 1.85 bits per heavy atom. The number of morpholine rings is 1. The predicted molar refractivity (Wildman–Crippen MR) is 98.8 cm³/mol. The first-order chi connectivity index (χ1) is 12.6. The van der Waals surface area contributed by atoms with Crippen molar-refractivity contribution in [2.75, 3.05) is 45.9 Å². The van der Waals surface area contributed by atoms with Crippen LogP contribution in [-0.4, -0.2) is 68.9 Å². The summed E-state index contributed by atoms with van der Waals surface area (Å²) in [5, 5.41) is 2.96. The van der Waals surface area contributed by atoms with Crippen LogP contribution in [0.3, 0.4) is 0 Å². The summed E-state index contributed by atoms with van der Waals surface area (Å²) >= 11 is 0. The van der Waals surface area contributed by atoms with Crippen molar-refractivity contribution >= 4 is 16.1 Å². The molecule has 1 atom stereocenters. The molecule has 2 aliphatic rings.